The molecule has 9 nitrogen and oxygen atoms in total. The zero-order chi connectivity index (χ0) is 20.2. The number of carbonyl (C=O) groups excluding carboxylic acids is 1. The molecule has 150 valence electrons. The molecule has 1 fully saturated rings. The van der Waals surface area contributed by atoms with Crippen LogP contribution in [0.5, 0.6) is 5.75 Å². The number of amides is 1. The van der Waals surface area contributed by atoms with Crippen LogP contribution in [0.2, 0.25) is 0 Å². The number of hydrogen-bond donors (Lipinski definition) is 1. The number of carbonyl (C=O) groups is 1. The Labute approximate surface area is 168 Å². The van der Waals surface area contributed by atoms with Crippen molar-refractivity contribution in [3.05, 3.63) is 54.0 Å². The standard InChI is InChI=1S/C20H22N6O3/c1-14-13-18(23-15-3-5-16(28-2)6-4-15)24-20(22-14)26-11-9-25(10-12-26)19(27)17-7-8-21-29-17/h3-8,13H,9-12H2,1-2H3,(H,22,23,24). The molecule has 1 N–H and O–H groups in total. The Balaban J connectivity index is 1.43. The van der Waals surface area contributed by atoms with Gasteiger partial charge in [-0.05, 0) is 31.2 Å². The summed E-state index contributed by atoms with van der Waals surface area (Å²) >= 11 is 0. The molecule has 0 spiro atoms. The van der Waals surface area contributed by atoms with Gasteiger partial charge in [-0.3, -0.25) is 4.79 Å². The third-order valence-electron chi connectivity index (χ3n) is 4.70. The zero-order valence-electron chi connectivity index (χ0n) is 16.3. The highest BCUT2D eigenvalue weighted by Gasteiger charge is 2.25. The van der Waals surface area contributed by atoms with Crippen LogP contribution in [-0.4, -0.2) is 59.2 Å². The summed E-state index contributed by atoms with van der Waals surface area (Å²) in [6.45, 7) is 4.36. The molecule has 9 heteroatoms. The normalized spacial score (nSPS) is 14.0. The molecule has 0 atom stereocenters. The monoisotopic (exact) mass is 394 g/mol. The number of benzene rings is 1. The number of methoxy groups -OCH3 is 1. The highest BCUT2D eigenvalue weighted by molar-refractivity contribution is 5.91. The Morgan fingerprint density at radius 2 is 1.86 bits per heavy atom. The molecule has 0 bridgehead atoms. The van der Waals surface area contributed by atoms with Gasteiger partial charge >= 0.3 is 0 Å². The van der Waals surface area contributed by atoms with Crippen molar-refractivity contribution in [1.29, 1.82) is 0 Å². The molecule has 1 aromatic carbocycles. The second kappa shape index (κ2) is 8.17. The summed E-state index contributed by atoms with van der Waals surface area (Å²) in [6, 6.07) is 11.1. The molecule has 29 heavy (non-hydrogen) atoms. The molecule has 0 saturated carbocycles. The van der Waals surface area contributed by atoms with Crippen molar-refractivity contribution < 1.29 is 14.1 Å². The number of nitrogens with one attached hydrogen (secondary N) is 1. The minimum atomic E-state index is -0.144. The average Bonchev–Trinajstić information content (AvgIpc) is 3.28. The van der Waals surface area contributed by atoms with Gasteiger partial charge in [0, 0.05) is 49.7 Å². The van der Waals surface area contributed by atoms with Crippen molar-refractivity contribution >= 4 is 23.4 Å². The highest BCUT2D eigenvalue weighted by atomic mass is 16.5. The molecule has 1 aliphatic rings. The quantitative estimate of drug-likeness (QED) is 0.705. The minimum Gasteiger partial charge on any atom is -0.497 e. The lowest BCUT2D eigenvalue weighted by molar-refractivity contribution is 0.0704. The van der Waals surface area contributed by atoms with Crippen LogP contribution in [0.15, 0.2) is 47.1 Å². The van der Waals surface area contributed by atoms with Crippen molar-refractivity contribution in [3.8, 4) is 5.75 Å². The summed E-state index contributed by atoms with van der Waals surface area (Å²) in [7, 11) is 1.64. The fourth-order valence-corrected chi connectivity index (χ4v) is 3.17. The number of ether oxygens (including phenoxy) is 1. The van der Waals surface area contributed by atoms with Gasteiger partial charge in [-0.15, -0.1) is 0 Å². The smallest absolute Gasteiger partial charge is 0.292 e. The maximum absolute atomic E-state index is 12.4. The van der Waals surface area contributed by atoms with Crippen LogP contribution in [0.25, 0.3) is 0 Å². The van der Waals surface area contributed by atoms with Gasteiger partial charge < -0.3 is 24.4 Å². The maximum Gasteiger partial charge on any atom is 0.292 e. The SMILES string of the molecule is COc1ccc(Nc2cc(C)nc(N3CCN(C(=O)c4ccno4)CC3)n2)cc1. The minimum absolute atomic E-state index is 0.144. The third kappa shape index (κ3) is 4.29. The molecule has 0 aliphatic carbocycles. The predicted molar refractivity (Wildman–Crippen MR) is 108 cm³/mol. The number of aromatic nitrogens is 3. The molecular formula is C20H22N6O3. The van der Waals surface area contributed by atoms with Gasteiger partial charge in [-0.25, -0.2) is 4.98 Å². The van der Waals surface area contributed by atoms with Crippen LogP contribution < -0.4 is 15.0 Å². The lowest BCUT2D eigenvalue weighted by Crippen LogP contribution is -2.49. The summed E-state index contributed by atoms with van der Waals surface area (Å²) in [5, 5.41) is 6.90. The number of aryl methyl sites for hydroxylation is 1. The van der Waals surface area contributed by atoms with Crippen LogP contribution in [0.4, 0.5) is 17.5 Å². The third-order valence-corrected chi connectivity index (χ3v) is 4.70. The topological polar surface area (TPSA) is 96.6 Å². The first-order valence-electron chi connectivity index (χ1n) is 9.34. The van der Waals surface area contributed by atoms with Gasteiger partial charge in [0.1, 0.15) is 11.6 Å². The van der Waals surface area contributed by atoms with E-state index in [4.69, 9.17) is 9.26 Å². The van der Waals surface area contributed by atoms with Crippen molar-refractivity contribution in [1.82, 2.24) is 20.0 Å². The van der Waals surface area contributed by atoms with Gasteiger partial charge in [0.15, 0.2) is 0 Å². The number of piperazine rings is 1. The van der Waals surface area contributed by atoms with E-state index >= 15 is 0 Å². The first-order chi connectivity index (χ1) is 14.1. The van der Waals surface area contributed by atoms with E-state index in [0.717, 1.165) is 22.9 Å². The fourth-order valence-electron chi connectivity index (χ4n) is 3.17. The van der Waals surface area contributed by atoms with Gasteiger partial charge in [0.2, 0.25) is 11.7 Å². The van der Waals surface area contributed by atoms with Gasteiger partial charge in [-0.1, -0.05) is 5.16 Å². The first-order valence-corrected chi connectivity index (χ1v) is 9.34. The lowest BCUT2D eigenvalue weighted by atomic mass is 10.3. The number of hydrogen-bond acceptors (Lipinski definition) is 8. The van der Waals surface area contributed by atoms with E-state index in [1.54, 1.807) is 18.1 Å². The maximum atomic E-state index is 12.4. The van der Waals surface area contributed by atoms with Gasteiger partial charge in [-0.2, -0.15) is 4.98 Å². The molecule has 2 aromatic heterocycles. The molecule has 3 heterocycles. The molecule has 1 saturated heterocycles. The molecule has 1 aliphatic heterocycles. The van der Waals surface area contributed by atoms with E-state index in [9.17, 15) is 4.79 Å². The van der Waals surface area contributed by atoms with Crippen molar-refractivity contribution in [3.63, 3.8) is 0 Å². The molecule has 3 aromatic rings. The zero-order valence-corrected chi connectivity index (χ0v) is 16.3. The summed E-state index contributed by atoms with van der Waals surface area (Å²) in [4.78, 5) is 25.4. The van der Waals surface area contributed by atoms with E-state index in [-0.39, 0.29) is 11.7 Å². The Morgan fingerprint density at radius 3 is 2.52 bits per heavy atom. The van der Waals surface area contributed by atoms with Crippen molar-refractivity contribution in [2.75, 3.05) is 43.5 Å². The molecular weight excluding hydrogens is 372 g/mol. The Bertz CT molecular complexity index is 966. The Kier molecular flexibility index (Phi) is 5.28. The second-order valence-electron chi connectivity index (χ2n) is 6.70. The van der Waals surface area contributed by atoms with Crippen LogP contribution in [-0.2, 0) is 0 Å². The van der Waals surface area contributed by atoms with E-state index in [2.05, 4.69) is 25.3 Å². The number of rotatable bonds is 5. The van der Waals surface area contributed by atoms with Crippen molar-refractivity contribution in [2.24, 2.45) is 0 Å². The number of anilines is 3. The average molecular weight is 394 g/mol. The molecule has 1 amide bonds. The second-order valence-corrected chi connectivity index (χ2v) is 6.70. The van der Waals surface area contributed by atoms with Crippen LogP contribution >= 0.6 is 0 Å². The van der Waals surface area contributed by atoms with E-state index in [1.165, 1.54) is 6.20 Å². The summed E-state index contributed by atoms with van der Waals surface area (Å²) in [5.41, 5.74) is 1.78. The van der Waals surface area contributed by atoms with Crippen LogP contribution in [0, 0.1) is 6.92 Å². The predicted octanol–water partition coefficient (Wildman–Crippen LogP) is 2.49. The summed E-state index contributed by atoms with van der Waals surface area (Å²) in [6.07, 6.45) is 1.47. The summed E-state index contributed by atoms with van der Waals surface area (Å²) < 4.78 is 10.2. The molecule has 0 radical (unpaired) electrons. The van der Waals surface area contributed by atoms with E-state index in [0.29, 0.717) is 32.1 Å². The lowest BCUT2D eigenvalue weighted by Gasteiger charge is -2.34. The van der Waals surface area contributed by atoms with E-state index in [1.807, 2.05) is 37.3 Å². The highest BCUT2D eigenvalue weighted by Crippen LogP contribution is 2.22. The fraction of sp³-hybridized carbons (Fsp3) is 0.300. The molecule has 0 unspecified atom stereocenters. The van der Waals surface area contributed by atoms with Crippen LogP contribution in [0.3, 0.4) is 0 Å². The Morgan fingerprint density at radius 1 is 1.10 bits per heavy atom. The molecule has 4 rings (SSSR count). The Hall–Kier alpha value is -3.62. The first kappa shape index (κ1) is 18.7. The van der Waals surface area contributed by atoms with E-state index < -0.39 is 0 Å². The number of nitrogens with zero attached hydrogens (tertiary/aromatic N) is 5. The van der Waals surface area contributed by atoms with Crippen LogP contribution in [0.1, 0.15) is 16.2 Å². The summed E-state index contributed by atoms with van der Waals surface area (Å²) in [5.74, 6) is 2.28. The van der Waals surface area contributed by atoms with Crippen molar-refractivity contribution in [2.45, 2.75) is 6.92 Å². The van der Waals surface area contributed by atoms with Gasteiger partial charge in [0.25, 0.3) is 5.91 Å². The van der Waals surface area contributed by atoms with Gasteiger partial charge in [0.05, 0.1) is 13.3 Å². The largest absolute Gasteiger partial charge is 0.497 e.